The first kappa shape index (κ1) is 18.1. The molecule has 2 aliphatic rings. The van der Waals surface area contributed by atoms with Gasteiger partial charge in [0.15, 0.2) is 5.78 Å². The Bertz CT molecular complexity index is 1120. The predicted molar refractivity (Wildman–Crippen MR) is 110 cm³/mol. The van der Waals surface area contributed by atoms with Crippen molar-refractivity contribution in [2.45, 2.75) is 32.4 Å². The number of aromatic amines is 1. The van der Waals surface area contributed by atoms with E-state index in [0.717, 1.165) is 49.6 Å². The van der Waals surface area contributed by atoms with E-state index in [-0.39, 0.29) is 11.3 Å². The molecule has 7 nitrogen and oxygen atoms in total. The molecule has 5 rings (SSSR count). The lowest BCUT2D eigenvalue weighted by molar-refractivity contribution is 0.101. The number of likely N-dealkylation sites (tertiary alicyclic amines) is 1. The van der Waals surface area contributed by atoms with Gasteiger partial charge in [-0.2, -0.15) is 0 Å². The van der Waals surface area contributed by atoms with Gasteiger partial charge in [-0.25, -0.2) is 4.98 Å². The third-order valence-corrected chi connectivity index (χ3v) is 6.33. The van der Waals surface area contributed by atoms with Crippen molar-refractivity contribution in [3.05, 3.63) is 64.1 Å². The summed E-state index contributed by atoms with van der Waals surface area (Å²) in [5, 5.41) is 0. The number of piperidine rings is 1. The van der Waals surface area contributed by atoms with E-state index in [1.165, 1.54) is 0 Å². The Morgan fingerprint density at radius 3 is 2.86 bits per heavy atom. The van der Waals surface area contributed by atoms with E-state index >= 15 is 0 Å². The highest BCUT2D eigenvalue weighted by Crippen LogP contribution is 2.36. The molecule has 150 valence electrons. The van der Waals surface area contributed by atoms with Gasteiger partial charge in [0.2, 0.25) is 0 Å². The van der Waals surface area contributed by atoms with Crippen molar-refractivity contribution in [1.29, 1.82) is 0 Å². The fraction of sp³-hybridized carbons (Fsp3) is 0.409. The highest BCUT2D eigenvalue weighted by atomic mass is 16.1. The molecule has 2 atom stereocenters. The van der Waals surface area contributed by atoms with Crippen LogP contribution in [-0.2, 0) is 20.1 Å². The Morgan fingerprint density at radius 2 is 2.14 bits per heavy atom. The van der Waals surface area contributed by atoms with Crippen molar-refractivity contribution in [2.75, 3.05) is 13.1 Å². The van der Waals surface area contributed by atoms with Crippen molar-refractivity contribution in [1.82, 2.24) is 24.0 Å². The van der Waals surface area contributed by atoms with Crippen molar-refractivity contribution >= 4 is 5.78 Å². The number of fused-ring (bicyclic) bond motifs is 4. The number of rotatable bonds is 4. The van der Waals surface area contributed by atoms with E-state index < -0.39 is 0 Å². The van der Waals surface area contributed by atoms with Crippen molar-refractivity contribution in [3.8, 4) is 11.4 Å². The molecule has 3 aromatic heterocycles. The van der Waals surface area contributed by atoms with E-state index in [1.54, 1.807) is 19.3 Å². The molecule has 0 aliphatic carbocycles. The maximum Gasteiger partial charge on any atom is 0.261 e. The molecule has 0 spiro atoms. The second-order valence-corrected chi connectivity index (χ2v) is 8.41. The van der Waals surface area contributed by atoms with Gasteiger partial charge >= 0.3 is 0 Å². The summed E-state index contributed by atoms with van der Waals surface area (Å²) in [5.74, 6) is 1.54. The quantitative estimate of drug-likeness (QED) is 0.693. The summed E-state index contributed by atoms with van der Waals surface area (Å²) in [6.07, 6.45) is 6.45. The summed E-state index contributed by atoms with van der Waals surface area (Å²) >= 11 is 0. The molecule has 29 heavy (non-hydrogen) atoms. The van der Waals surface area contributed by atoms with Crippen LogP contribution >= 0.6 is 0 Å². The Balaban J connectivity index is 1.41. The largest absolute Gasteiger partial charge is 0.353 e. The number of imidazole rings is 1. The first-order valence-electron chi connectivity index (χ1n) is 10.1. The Labute approximate surface area is 169 Å². The van der Waals surface area contributed by atoms with Gasteiger partial charge in [0.1, 0.15) is 5.82 Å². The van der Waals surface area contributed by atoms with Crippen LogP contribution in [0.5, 0.6) is 0 Å². The fourth-order valence-corrected chi connectivity index (χ4v) is 4.96. The zero-order chi connectivity index (χ0) is 20.1. The van der Waals surface area contributed by atoms with Crippen LogP contribution in [0.25, 0.3) is 11.4 Å². The SMILES string of the molecule is CC(=O)c1cc(CN2C[C@@H]3C[C@H](C2)c2ccc(-c4ncc[nH]4)c(=O)n2C3)n(C)c1. The van der Waals surface area contributed by atoms with Gasteiger partial charge in [-0.1, -0.05) is 0 Å². The highest BCUT2D eigenvalue weighted by Gasteiger charge is 2.35. The van der Waals surface area contributed by atoms with Gasteiger partial charge in [0.05, 0.1) is 5.56 Å². The number of hydrogen-bond acceptors (Lipinski definition) is 4. The molecular weight excluding hydrogens is 366 g/mol. The summed E-state index contributed by atoms with van der Waals surface area (Å²) < 4.78 is 4.01. The number of carbonyl (C=O) groups excluding carboxylic acids is 1. The van der Waals surface area contributed by atoms with Crippen LogP contribution in [-0.4, -0.2) is 42.9 Å². The third-order valence-electron chi connectivity index (χ3n) is 6.33. The zero-order valence-electron chi connectivity index (χ0n) is 16.8. The van der Waals surface area contributed by atoms with Crippen LogP contribution in [0.2, 0.25) is 0 Å². The molecule has 0 radical (unpaired) electrons. The molecule has 0 unspecified atom stereocenters. The molecule has 2 bridgehead atoms. The Morgan fingerprint density at radius 1 is 1.28 bits per heavy atom. The van der Waals surface area contributed by atoms with Gasteiger partial charge in [0, 0.05) is 74.7 Å². The van der Waals surface area contributed by atoms with Gasteiger partial charge in [-0.15, -0.1) is 0 Å². The van der Waals surface area contributed by atoms with E-state index in [2.05, 4.69) is 25.5 Å². The summed E-state index contributed by atoms with van der Waals surface area (Å²) in [5.41, 5.74) is 3.73. The first-order chi connectivity index (χ1) is 14.0. The minimum atomic E-state index is 0.0501. The van der Waals surface area contributed by atoms with Gasteiger partial charge < -0.3 is 14.1 Å². The van der Waals surface area contributed by atoms with Crippen molar-refractivity contribution in [2.24, 2.45) is 13.0 Å². The van der Waals surface area contributed by atoms with Gasteiger partial charge in [-0.05, 0) is 37.5 Å². The molecule has 1 N–H and O–H groups in total. The average molecular weight is 391 g/mol. The van der Waals surface area contributed by atoms with Gasteiger partial charge in [0.25, 0.3) is 5.56 Å². The summed E-state index contributed by atoms with van der Waals surface area (Å²) in [6, 6.07) is 6.00. The number of nitrogens with one attached hydrogen (secondary N) is 1. The molecule has 0 amide bonds. The van der Waals surface area contributed by atoms with Crippen LogP contribution in [0.3, 0.4) is 0 Å². The molecule has 0 saturated carbocycles. The number of carbonyl (C=O) groups is 1. The number of nitrogens with zero attached hydrogens (tertiary/aromatic N) is 4. The number of hydrogen-bond donors (Lipinski definition) is 1. The molecule has 3 aromatic rings. The number of H-pyrrole nitrogens is 1. The van der Waals surface area contributed by atoms with E-state index in [0.29, 0.717) is 23.2 Å². The van der Waals surface area contributed by atoms with E-state index in [4.69, 9.17) is 0 Å². The maximum absolute atomic E-state index is 13.1. The zero-order valence-corrected chi connectivity index (χ0v) is 16.8. The number of pyridine rings is 1. The molecule has 2 aliphatic heterocycles. The molecule has 1 fully saturated rings. The minimum Gasteiger partial charge on any atom is -0.353 e. The maximum atomic E-state index is 13.1. The lowest BCUT2D eigenvalue weighted by Crippen LogP contribution is -2.47. The lowest BCUT2D eigenvalue weighted by atomic mass is 9.83. The first-order valence-corrected chi connectivity index (χ1v) is 10.1. The number of aromatic nitrogens is 4. The molecule has 1 saturated heterocycles. The fourth-order valence-electron chi connectivity index (χ4n) is 4.96. The molecule has 5 heterocycles. The van der Waals surface area contributed by atoms with Gasteiger partial charge in [-0.3, -0.25) is 14.5 Å². The summed E-state index contributed by atoms with van der Waals surface area (Å²) in [4.78, 5) is 34.5. The Kier molecular flexibility index (Phi) is 4.28. The van der Waals surface area contributed by atoms with Crippen LogP contribution < -0.4 is 5.56 Å². The molecule has 0 aromatic carbocycles. The predicted octanol–water partition coefficient (Wildman–Crippen LogP) is 2.40. The normalized spacial score (nSPS) is 21.2. The van der Waals surface area contributed by atoms with Crippen molar-refractivity contribution in [3.63, 3.8) is 0 Å². The summed E-state index contributed by atoms with van der Waals surface area (Å²) in [6.45, 7) is 5.08. The van der Waals surface area contributed by atoms with Crippen LogP contribution in [0, 0.1) is 5.92 Å². The monoisotopic (exact) mass is 391 g/mol. The second kappa shape index (κ2) is 6.84. The number of Topliss-reactive ketones (excluding diaryl/α,β-unsaturated/α-hetero) is 1. The van der Waals surface area contributed by atoms with Crippen LogP contribution in [0.15, 0.2) is 41.6 Å². The average Bonchev–Trinajstić information content (AvgIpc) is 3.33. The molecular formula is C22H25N5O2. The smallest absolute Gasteiger partial charge is 0.261 e. The number of aryl methyl sites for hydroxylation is 1. The van der Waals surface area contributed by atoms with Crippen LogP contribution in [0.4, 0.5) is 0 Å². The standard InChI is InChI=1S/C22H25N5O2/c1-14(28)16-8-18(25(2)11-16)13-26-9-15-7-17(12-26)20-4-3-19(21-23-5-6-24-21)22(29)27(20)10-15/h3-6,8,11,15,17H,7,9-10,12-13H2,1-2H3,(H,23,24)/t15-,17+/m0/s1. The minimum absolute atomic E-state index is 0.0501. The second-order valence-electron chi connectivity index (χ2n) is 8.41. The highest BCUT2D eigenvalue weighted by molar-refractivity contribution is 5.94. The molecule has 7 heteroatoms. The Hall–Kier alpha value is -2.93. The van der Waals surface area contributed by atoms with E-state index in [9.17, 15) is 9.59 Å². The topological polar surface area (TPSA) is 75.9 Å². The van der Waals surface area contributed by atoms with Crippen LogP contribution in [0.1, 0.15) is 41.0 Å². The third kappa shape index (κ3) is 3.15. The number of ketones is 1. The lowest BCUT2D eigenvalue weighted by Gasteiger charge is -2.43. The summed E-state index contributed by atoms with van der Waals surface area (Å²) in [7, 11) is 2.00. The van der Waals surface area contributed by atoms with E-state index in [1.807, 2.05) is 29.9 Å². The van der Waals surface area contributed by atoms with Crippen molar-refractivity contribution < 1.29 is 4.79 Å².